The summed E-state index contributed by atoms with van der Waals surface area (Å²) in [4.78, 5) is 0. The number of rotatable bonds is 6. The molecule has 17 heavy (non-hydrogen) atoms. The van der Waals surface area contributed by atoms with E-state index in [9.17, 15) is 0 Å². The molecule has 0 aliphatic heterocycles. The quantitative estimate of drug-likeness (QED) is 0.845. The number of hydrogen-bond donors (Lipinski definition) is 2. The van der Waals surface area contributed by atoms with Crippen LogP contribution in [-0.4, -0.2) is 18.3 Å². The minimum Gasteiger partial charge on any atom is -0.494 e. The van der Waals surface area contributed by atoms with Crippen LogP contribution in [0.5, 0.6) is 5.75 Å². The van der Waals surface area contributed by atoms with Crippen LogP contribution in [-0.2, 0) is 0 Å². The number of halogens is 2. The van der Waals surface area contributed by atoms with Crippen LogP contribution >= 0.6 is 28.3 Å². The van der Waals surface area contributed by atoms with Gasteiger partial charge in [-0.15, -0.1) is 12.4 Å². The predicted molar refractivity (Wildman–Crippen MR) is 75.8 cm³/mol. The lowest BCUT2D eigenvalue weighted by Crippen LogP contribution is -2.12. The van der Waals surface area contributed by atoms with Crippen molar-refractivity contribution in [3.63, 3.8) is 0 Å². The number of benzene rings is 1. The average molecular weight is 325 g/mol. The van der Waals surface area contributed by atoms with Crippen LogP contribution in [0.25, 0.3) is 0 Å². The van der Waals surface area contributed by atoms with E-state index in [2.05, 4.69) is 15.9 Å². The van der Waals surface area contributed by atoms with Gasteiger partial charge in [-0.05, 0) is 38.0 Å². The molecule has 5 heteroatoms. The summed E-state index contributed by atoms with van der Waals surface area (Å²) in [6.07, 6.45) is 1.46. The van der Waals surface area contributed by atoms with Crippen molar-refractivity contribution in [3.05, 3.63) is 28.2 Å². The van der Waals surface area contributed by atoms with Crippen molar-refractivity contribution in [2.24, 2.45) is 5.73 Å². The Morgan fingerprint density at radius 3 is 2.76 bits per heavy atom. The third kappa shape index (κ3) is 5.25. The van der Waals surface area contributed by atoms with Gasteiger partial charge in [-0.1, -0.05) is 15.9 Å². The summed E-state index contributed by atoms with van der Waals surface area (Å²) in [6, 6.07) is 5.74. The van der Waals surface area contributed by atoms with Gasteiger partial charge in [0, 0.05) is 22.7 Å². The molecule has 0 bridgehead atoms. The summed E-state index contributed by atoms with van der Waals surface area (Å²) in [5, 5.41) is 8.79. The molecule has 3 nitrogen and oxygen atoms in total. The van der Waals surface area contributed by atoms with Gasteiger partial charge in [0.2, 0.25) is 0 Å². The minimum atomic E-state index is -0.0915. The Kier molecular flexibility index (Phi) is 8.60. The van der Waals surface area contributed by atoms with Gasteiger partial charge in [0.1, 0.15) is 5.75 Å². The molecule has 0 saturated heterocycles. The lowest BCUT2D eigenvalue weighted by atomic mass is 10.0. The molecule has 0 aliphatic rings. The van der Waals surface area contributed by atoms with E-state index in [0.29, 0.717) is 13.0 Å². The molecule has 3 N–H and O–H groups in total. The second-order valence-corrected chi connectivity index (χ2v) is 4.50. The van der Waals surface area contributed by atoms with E-state index in [-0.39, 0.29) is 25.1 Å². The zero-order chi connectivity index (χ0) is 12.0. The van der Waals surface area contributed by atoms with E-state index in [0.717, 1.165) is 22.2 Å². The fourth-order valence-corrected chi connectivity index (χ4v) is 1.94. The Labute approximate surface area is 117 Å². The molecule has 0 amide bonds. The zero-order valence-electron chi connectivity index (χ0n) is 9.86. The molecule has 0 aromatic heterocycles. The molecule has 0 heterocycles. The van der Waals surface area contributed by atoms with Crippen molar-refractivity contribution in [2.45, 2.75) is 25.8 Å². The van der Waals surface area contributed by atoms with Crippen molar-refractivity contribution >= 4 is 28.3 Å². The fourth-order valence-electron chi connectivity index (χ4n) is 1.56. The van der Waals surface area contributed by atoms with Crippen molar-refractivity contribution in [3.8, 4) is 5.75 Å². The summed E-state index contributed by atoms with van der Waals surface area (Å²) in [5.74, 6) is 0.830. The Balaban J connectivity index is 0.00000256. The van der Waals surface area contributed by atoms with E-state index in [1.54, 1.807) is 0 Å². The molecule has 0 fully saturated rings. The van der Waals surface area contributed by atoms with E-state index in [1.807, 2.05) is 25.1 Å². The van der Waals surface area contributed by atoms with Gasteiger partial charge < -0.3 is 15.6 Å². The van der Waals surface area contributed by atoms with Crippen LogP contribution in [0.2, 0.25) is 0 Å². The standard InChI is InChI=1S/C12H18BrNO2.ClH/c1-2-16-12-6-5-9(13)8-10(12)11(14)4-3-7-15;/h5-6,8,11,15H,2-4,7,14H2,1H3;1H/t11-;/m1./s1. The van der Waals surface area contributed by atoms with Crippen LogP contribution in [0.1, 0.15) is 31.4 Å². The van der Waals surface area contributed by atoms with Crippen LogP contribution in [0, 0.1) is 0 Å². The van der Waals surface area contributed by atoms with Crippen LogP contribution in [0.4, 0.5) is 0 Å². The minimum absolute atomic E-state index is 0. The van der Waals surface area contributed by atoms with Gasteiger partial charge in [0.25, 0.3) is 0 Å². The number of aliphatic hydroxyl groups excluding tert-OH is 1. The average Bonchev–Trinajstić information content (AvgIpc) is 2.28. The highest BCUT2D eigenvalue weighted by molar-refractivity contribution is 9.10. The number of ether oxygens (including phenoxy) is 1. The summed E-state index contributed by atoms with van der Waals surface area (Å²) in [5.41, 5.74) is 7.06. The van der Waals surface area contributed by atoms with Crippen molar-refractivity contribution < 1.29 is 9.84 Å². The molecule has 1 rings (SSSR count). The summed E-state index contributed by atoms with van der Waals surface area (Å²) >= 11 is 3.42. The molecular formula is C12H19BrClNO2. The molecule has 1 aromatic carbocycles. The first-order valence-electron chi connectivity index (χ1n) is 5.47. The van der Waals surface area contributed by atoms with E-state index in [4.69, 9.17) is 15.6 Å². The van der Waals surface area contributed by atoms with Gasteiger partial charge in [0.05, 0.1) is 6.61 Å². The smallest absolute Gasteiger partial charge is 0.124 e. The van der Waals surface area contributed by atoms with Gasteiger partial charge in [-0.3, -0.25) is 0 Å². The van der Waals surface area contributed by atoms with Crippen LogP contribution in [0.15, 0.2) is 22.7 Å². The topological polar surface area (TPSA) is 55.5 Å². The molecule has 1 atom stereocenters. The predicted octanol–water partition coefficient (Wildman–Crippen LogP) is 3.04. The maximum atomic E-state index is 8.79. The maximum Gasteiger partial charge on any atom is 0.124 e. The SMILES string of the molecule is CCOc1ccc(Br)cc1[C@H](N)CCCO.Cl. The van der Waals surface area contributed by atoms with Gasteiger partial charge in [-0.2, -0.15) is 0 Å². The summed E-state index contributed by atoms with van der Waals surface area (Å²) < 4.78 is 6.52. The second kappa shape index (κ2) is 8.75. The summed E-state index contributed by atoms with van der Waals surface area (Å²) in [7, 11) is 0. The first-order valence-corrected chi connectivity index (χ1v) is 6.27. The number of nitrogens with two attached hydrogens (primary N) is 1. The molecule has 0 saturated carbocycles. The molecule has 98 valence electrons. The molecule has 1 aromatic rings. The zero-order valence-corrected chi connectivity index (χ0v) is 12.3. The van der Waals surface area contributed by atoms with Gasteiger partial charge in [-0.25, -0.2) is 0 Å². The highest BCUT2D eigenvalue weighted by atomic mass is 79.9. The highest BCUT2D eigenvalue weighted by Gasteiger charge is 2.12. The third-order valence-electron chi connectivity index (χ3n) is 2.34. The van der Waals surface area contributed by atoms with Gasteiger partial charge >= 0.3 is 0 Å². The Morgan fingerprint density at radius 1 is 1.47 bits per heavy atom. The second-order valence-electron chi connectivity index (χ2n) is 3.59. The monoisotopic (exact) mass is 323 g/mol. The first-order chi connectivity index (χ1) is 7.69. The Hall–Kier alpha value is -0.290. The van der Waals surface area contributed by atoms with E-state index >= 15 is 0 Å². The van der Waals surface area contributed by atoms with Crippen LogP contribution < -0.4 is 10.5 Å². The molecule has 0 spiro atoms. The normalized spacial score (nSPS) is 11.8. The van der Waals surface area contributed by atoms with E-state index in [1.165, 1.54) is 0 Å². The van der Waals surface area contributed by atoms with Gasteiger partial charge in [0.15, 0.2) is 0 Å². The Morgan fingerprint density at radius 2 is 2.18 bits per heavy atom. The van der Waals surface area contributed by atoms with Crippen LogP contribution in [0.3, 0.4) is 0 Å². The third-order valence-corrected chi connectivity index (χ3v) is 2.84. The largest absolute Gasteiger partial charge is 0.494 e. The van der Waals surface area contributed by atoms with E-state index < -0.39 is 0 Å². The maximum absolute atomic E-state index is 8.79. The van der Waals surface area contributed by atoms with Crippen molar-refractivity contribution in [1.29, 1.82) is 0 Å². The molecule has 0 aliphatic carbocycles. The van der Waals surface area contributed by atoms with Crippen molar-refractivity contribution in [1.82, 2.24) is 0 Å². The fraction of sp³-hybridized carbons (Fsp3) is 0.500. The highest BCUT2D eigenvalue weighted by Crippen LogP contribution is 2.29. The number of hydrogen-bond acceptors (Lipinski definition) is 3. The first kappa shape index (κ1) is 16.7. The van der Waals surface area contributed by atoms with Crippen molar-refractivity contribution in [2.75, 3.05) is 13.2 Å². The molecule has 0 unspecified atom stereocenters. The number of aliphatic hydroxyl groups is 1. The Bertz CT molecular complexity index is 336. The molecular weight excluding hydrogens is 305 g/mol. The lowest BCUT2D eigenvalue weighted by Gasteiger charge is -2.16. The lowest BCUT2D eigenvalue weighted by molar-refractivity contribution is 0.278. The summed E-state index contributed by atoms with van der Waals surface area (Å²) in [6.45, 7) is 2.75. The molecule has 0 radical (unpaired) electrons.